The molecule has 29 heavy (non-hydrogen) atoms. The maximum absolute atomic E-state index is 6.16. The number of fused-ring (bicyclic) bond motifs is 1. The number of nitrogens with zero attached hydrogens (tertiary/aromatic N) is 4. The van der Waals surface area contributed by atoms with E-state index in [0.717, 1.165) is 21.3 Å². The first-order valence-corrected chi connectivity index (χ1v) is 11.1. The zero-order chi connectivity index (χ0) is 20.8. The zero-order valence-electron chi connectivity index (χ0n) is 17.1. The Balaban J connectivity index is 1.49. The van der Waals surface area contributed by atoms with Gasteiger partial charge in [0.1, 0.15) is 16.5 Å². The Morgan fingerprint density at radius 2 is 1.79 bits per heavy atom. The van der Waals surface area contributed by atoms with Crippen LogP contribution in [-0.2, 0) is 11.2 Å². The minimum atomic E-state index is 0.108. The van der Waals surface area contributed by atoms with Crippen LogP contribution < -0.4 is 5.73 Å². The van der Waals surface area contributed by atoms with Gasteiger partial charge in [-0.25, -0.2) is 9.97 Å². The normalized spacial score (nSPS) is 12.0. The van der Waals surface area contributed by atoms with E-state index in [1.165, 1.54) is 22.2 Å². The van der Waals surface area contributed by atoms with E-state index in [-0.39, 0.29) is 5.41 Å². The number of hydrogen-bond donors (Lipinski definition) is 1. The van der Waals surface area contributed by atoms with Crippen molar-refractivity contribution in [2.45, 2.75) is 51.0 Å². The van der Waals surface area contributed by atoms with Crippen LogP contribution in [0.25, 0.3) is 21.7 Å². The van der Waals surface area contributed by atoms with Gasteiger partial charge in [-0.05, 0) is 42.5 Å². The molecule has 1 aromatic carbocycles. The molecule has 3 aromatic heterocycles. The molecule has 0 radical (unpaired) electrons. The van der Waals surface area contributed by atoms with Crippen LogP contribution in [0.15, 0.2) is 33.9 Å². The standard InChI is InChI=1S/C21H23N5OS2/c1-11-12(2)29-19-16(11)17(22)23-15(24-19)10-28-20-26-25-18(27-20)13-6-8-14(9-7-13)21(3,4)5/h6-9H,10H2,1-5H3,(H2,22,23,24). The summed E-state index contributed by atoms with van der Waals surface area (Å²) in [6, 6.07) is 8.23. The van der Waals surface area contributed by atoms with Crippen LogP contribution in [0, 0.1) is 13.8 Å². The first-order chi connectivity index (χ1) is 13.7. The Bertz CT molecular complexity index is 1170. The Kier molecular flexibility index (Phi) is 5.08. The Labute approximate surface area is 178 Å². The van der Waals surface area contributed by atoms with Crippen molar-refractivity contribution < 1.29 is 4.42 Å². The van der Waals surface area contributed by atoms with Crippen molar-refractivity contribution in [2.75, 3.05) is 5.73 Å². The maximum Gasteiger partial charge on any atom is 0.277 e. The molecule has 6 nitrogen and oxygen atoms in total. The lowest BCUT2D eigenvalue weighted by Crippen LogP contribution is -2.10. The maximum atomic E-state index is 6.16. The summed E-state index contributed by atoms with van der Waals surface area (Å²) >= 11 is 3.05. The Morgan fingerprint density at radius 1 is 1.07 bits per heavy atom. The molecule has 0 bridgehead atoms. The van der Waals surface area contributed by atoms with Crippen LogP contribution in [-0.4, -0.2) is 20.2 Å². The summed E-state index contributed by atoms with van der Waals surface area (Å²) in [7, 11) is 0. The van der Waals surface area contributed by atoms with E-state index in [1.807, 2.05) is 12.1 Å². The number of aromatic nitrogens is 4. The van der Waals surface area contributed by atoms with Gasteiger partial charge in [0, 0.05) is 10.4 Å². The Hall–Kier alpha value is -2.45. The molecule has 0 atom stereocenters. The number of thioether (sulfide) groups is 1. The second-order valence-electron chi connectivity index (χ2n) is 7.98. The Morgan fingerprint density at radius 3 is 2.48 bits per heavy atom. The van der Waals surface area contributed by atoms with Crippen molar-refractivity contribution in [1.82, 2.24) is 20.2 Å². The van der Waals surface area contributed by atoms with Crippen molar-refractivity contribution in [3.63, 3.8) is 0 Å². The highest BCUT2D eigenvalue weighted by molar-refractivity contribution is 7.98. The number of benzene rings is 1. The molecular formula is C21H23N5OS2. The molecule has 150 valence electrons. The molecule has 0 fully saturated rings. The topological polar surface area (TPSA) is 90.7 Å². The molecular weight excluding hydrogens is 402 g/mol. The van der Waals surface area contributed by atoms with Crippen LogP contribution in [0.3, 0.4) is 0 Å². The molecule has 3 heterocycles. The minimum Gasteiger partial charge on any atom is -0.411 e. The second kappa shape index (κ2) is 7.42. The van der Waals surface area contributed by atoms with Gasteiger partial charge in [0.05, 0.1) is 11.1 Å². The van der Waals surface area contributed by atoms with Crippen LogP contribution in [0.1, 0.15) is 42.6 Å². The van der Waals surface area contributed by atoms with Crippen LogP contribution in [0.4, 0.5) is 5.82 Å². The van der Waals surface area contributed by atoms with Crippen molar-refractivity contribution in [3.05, 3.63) is 46.1 Å². The fourth-order valence-electron chi connectivity index (χ4n) is 3.01. The van der Waals surface area contributed by atoms with Gasteiger partial charge in [-0.1, -0.05) is 44.7 Å². The summed E-state index contributed by atoms with van der Waals surface area (Å²) in [5, 5.41) is 9.76. The molecule has 0 spiro atoms. The fraction of sp³-hybridized carbons (Fsp3) is 0.333. The van der Waals surface area contributed by atoms with Crippen molar-refractivity contribution in [2.24, 2.45) is 0 Å². The van der Waals surface area contributed by atoms with E-state index in [0.29, 0.717) is 28.5 Å². The van der Waals surface area contributed by atoms with Gasteiger partial charge in [-0.2, -0.15) is 0 Å². The number of anilines is 1. The number of nitrogens with two attached hydrogens (primary N) is 1. The number of nitrogen functional groups attached to an aromatic ring is 1. The largest absolute Gasteiger partial charge is 0.411 e. The summed E-state index contributed by atoms with van der Waals surface area (Å²) in [6.45, 7) is 10.7. The van der Waals surface area contributed by atoms with Gasteiger partial charge < -0.3 is 10.2 Å². The van der Waals surface area contributed by atoms with Crippen molar-refractivity contribution >= 4 is 39.1 Å². The summed E-state index contributed by atoms with van der Waals surface area (Å²) < 4.78 is 5.81. The fourth-order valence-corrected chi connectivity index (χ4v) is 4.69. The second-order valence-corrected chi connectivity index (χ2v) is 10.1. The van der Waals surface area contributed by atoms with E-state index in [1.54, 1.807) is 11.3 Å². The summed E-state index contributed by atoms with van der Waals surface area (Å²) in [5.41, 5.74) is 9.59. The lowest BCUT2D eigenvalue weighted by Gasteiger charge is -2.18. The van der Waals surface area contributed by atoms with Gasteiger partial charge in [0.2, 0.25) is 5.89 Å². The van der Waals surface area contributed by atoms with E-state index in [9.17, 15) is 0 Å². The van der Waals surface area contributed by atoms with Gasteiger partial charge in [-0.3, -0.25) is 0 Å². The molecule has 2 N–H and O–H groups in total. The van der Waals surface area contributed by atoms with Gasteiger partial charge >= 0.3 is 0 Å². The number of aryl methyl sites for hydroxylation is 2. The third-order valence-corrected chi connectivity index (χ3v) is 6.75. The molecule has 4 aromatic rings. The molecule has 0 amide bonds. The highest BCUT2D eigenvalue weighted by Crippen LogP contribution is 2.33. The molecule has 0 aliphatic carbocycles. The monoisotopic (exact) mass is 425 g/mol. The molecule has 8 heteroatoms. The van der Waals surface area contributed by atoms with Crippen molar-refractivity contribution in [1.29, 1.82) is 0 Å². The molecule has 4 rings (SSSR count). The first-order valence-electron chi connectivity index (χ1n) is 9.31. The van der Waals surface area contributed by atoms with E-state index >= 15 is 0 Å². The number of hydrogen-bond acceptors (Lipinski definition) is 8. The first kappa shape index (κ1) is 19.8. The minimum absolute atomic E-state index is 0.108. The van der Waals surface area contributed by atoms with Crippen LogP contribution in [0.2, 0.25) is 0 Å². The summed E-state index contributed by atoms with van der Waals surface area (Å²) in [6.07, 6.45) is 0. The number of thiophene rings is 1. The number of rotatable bonds is 4. The van der Waals surface area contributed by atoms with Gasteiger partial charge in [0.25, 0.3) is 5.22 Å². The smallest absolute Gasteiger partial charge is 0.277 e. The predicted molar refractivity (Wildman–Crippen MR) is 119 cm³/mol. The van der Waals surface area contributed by atoms with Crippen LogP contribution >= 0.6 is 23.1 Å². The lowest BCUT2D eigenvalue weighted by atomic mass is 9.87. The molecule has 0 saturated carbocycles. The quantitative estimate of drug-likeness (QED) is 0.430. The highest BCUT2D eigenvalue weighted by Gasteiger charge is 2.16. The van der Waals surface area contributed by atoms with Gasteiger partial charge in [-0.15, -0.1) is 21.5 Å². The van der Waals surface area contributed by atoms with Crippen LogP contribution in [0.5, 0.6) is 0 Å². The summed E-state index contributed by atoms with van der Waals surface area (Å²) in [5.74, 6) is 2.21. The molecule has 0 unspecified atom stereocenters. The SMILES string of the molecule is Cc1sc2nc(CSc3nnc(-c4ccc(C(C)(C)C)cc4)o3)nc(N)c2c1C. The van der Waals surface area contributed by atoms with E-state index in [4.69, 9.17) is 10.2 Å². The molecule has 0 saturated heterocycles. The van der Waals surface area contributed by atoms with E-state index < -0.39 is 0 Å². The summed E-state index contributed by atoms with van der Waals surface area (Å²) in [4.78, 5) is 11.2. The highest BCUT2D eigenvalue weighted by atomic mass is 32.2. The molecule has 0 aliphatic heterocycles. The van der Waals surface area contributed by atoms with E-state index in [2.05, 4.69) is 66.9 Å². The third kappa shape index (κ3) is 4.00. The average molecular weight is 426 g/mol. The lowest BCUT2D eigenvalue weighted by molar-refractivity contribution is 0.465. The van der Waals surface area contributed by atoms with Gasteiger partial charge in [0.15, 0.2) is 0 Å². The molecule has 0 aliphatic rings. The third-order valence-electron chi connectivity index (χ3n) is 4.83. The van der Waals surface area contributed by atoms with Crippen molar-refractivity contribution in [3.8, 4) is 11.5 Å². The predicted octanol–water partition coefficient (Wildman–Crippen LogP) is 5.53. The average Bonchev–Trinajstić information content (AvgIpc) is 3.24. The zero-order valence-corrected chi connectivity index (χ0v) is 18.7.